The van der Waals surface area contributed by atoms with Gasteiger partial charge in [-0.05, 0) is 44.9 Å². The van der Waals surface area contributed by atoms with Crippen LogP contribution in [0.3, 0.4) is 0 Å². The van der Waals surface area contributed by atoms with Gasteiger partial charge in [0.2, 0.25) is 5.75 Å². The third-order valence-electron chi connectivity index (χ3n) is 9.43. The van der Waals surface area contributed by atoms with Crippen molar-refractivity contribution >= 4 is 5.78 Å². The number of aliphatic hydroxyl groups is 2. The molecule has 1 aromatic carbocycles. The average Bonchev–Trinajstić information content (AvgIpc) is 2.88. The Hall–Kier alpha value is -3.30. The number of ether oxygens (including phenoxy) is 4. The summed E-state index contributed by atoms with van der Waals surface area (Å²) in [5.74, 6) is 1.22. The number of ketones is 1. The highest BCUT2D eigenvalue weighted by atomic mass is 16.5. The standard InChI is InChI=1S/C29H34O9/c1-25(2)9-8-22(30)27(4)28(25,32)11-10-26(3)29(27,33)15-17-19(38-26)14-18(37-24(17)31)16-12-20(34-5)23(36-7)21(13-16)35-6/h8-9,12-14,32-33H,10-11,15H2,1-7H3/t26-,27+,28+,29-/m1/s1. The first kappa shape index (κ1) is 26.3. The molecule has 0 radical (unpaired) electrons. The van der Waals surface area contributed by atoms with E-state index in [1.807, 2.05) is 13.8 Å². The van der Waals surface area contributed by atoms with Gasteiger partial charge in [0.25, 0.3) is 0 Å². The number of carbonyl (C=O) groups excluding carboxylic acids is 1. The molecule has 1 aromatic heterocycles. The lowest BCUT2D eigenvalue weighted by Crippen LogP contribution is -2.81. The van der Waals surface area contributed by atoms with Crippen molar-refractivity contribution in [1.82, 2.24) is 0 Å². The van der Waals surface area contributed by atoms with Crippen LogP contribution in [-0.4, -0.2) is 54.1 Å². The Kier molecular flexibility index (Phi) is 5.61. The monoisotopic (exact) mass is 526 g/mol. The zero-order valence-electron chi connectivity index (χ0n) is 22.8. The number of benzene rings is 1. The molecule has 2 aromatic rings. The van der Waals surface area contributed by atoms with Crippen LogP contribution < -0.4 is 24.6 Å². The smallest absolute Gasteiger partial charge is 0.343 e. The summed E-state index contributed by atoms with van der Waals surface area (Å²) in [6.07, 6.45) is 3.38. The maximum Gasteiger partial charge on any atom is 0.343 e. The van der Waals surface area contributed by atoms with E-state index < -0.39 is 39.0 Å². The van der Waals surface area contributed by atoms with Gasteiger partial charge in [-0.1, -0.05) is 19.9 Å². The van der Waals surface area contributed by atoms with E-state index in [0.29, 0.717) is 22.8 Å². The Morgan fingerprint density at radius 3 is 2.08 bits per heavy atom. The topological polar surface area (TPSA) is 125 Å². The molecule has 2 aliphatic carbocycles. The molecule has 9 nitrogen and oxygen atoms in total. The van der Waals surface area contributed by atoms with Crippen LogP contribution in [0.2, 0.25) is 0 Å². The maximum absolute atomic E-state index is 13.5. The Morgan fingerprint density at radius 1 is 0.868 bits per heavy atom. The summed E-state index contributed by atoms with van der Waals surface area (Å²) >= 11 is 0. The van der Waals surface area contributed by atoms with Gasteiger partial charge in [0, 0.05) is 23.5 Å². The molecule has 0 unspecified atom stereocenters. The number of fused-ring (bicyclic) bond motifs is 4. The minimum Gasteiger partial charge on any atom is -0.493 e. The summed E-state index contributed by atoms with van der Waals surface area (Å²) < 4.78 is 28.4. The fraction of sp³-hybridized carbons (Fsp3) is 0.517. The lowest BCUT2D eigenvalue weighted by molar-refractivity contribution is -0.297. The average molecular weight is 527 g/mol. The molecule has 1 aliphatic heterocycles. The number of rotatable bonds is 4. The minimum atomic E-state index is -1.89. The fourth-order valence-corrected chi connectivity index (χ4v) is 6.82. The first-order valence-corrected chi connectivity index (χ1v) is 12.6. The highest BCUT2D eigenvalue weighted by Gasteiger charge is 2.77. The number of carbonyl (C=O) groups is 1. The Morgan fingerprint density at radius 2 is 1.50 bits per heavy atom. The largest absolute Gasteiger partial charge is 0.493 e. The van der Waals surface area contributed by atoms with Gasteiger partial charge < -0.3 is 33.6 Å². The molecule has 2 heterocycles. The number of hydrogen-bond donors (Lipinski definition) is 2. The highest BCUT2D eigenvalue weighted by Crippen LogP contribution is 2.65. The van der Waals surface area contributed by atoms with Crippen LogP contribution in [-0.2, 0) is 11.2 Å². The van der Waals surface area contributed by atoms with E-state index in [0.717, 1.165) is 0 Å². The maximum atomic E-state index is 13.5. The van der Waals surface area contributed by atoms with Gasteiger partial charge in [-0.3, -0.25) is 4.79 Å². The van der Waals surface area contributed by atoms with Crippen LogP contribution in [0.4, 0.5) is 0 Å². The Labute approximate surface area is 221 Å². The Balaban J connectivity index is 1.66. The van der Waals surface area contributed by atoms with E-state index in [-0.39, 0.29) is 36.3 Å². The molecule has 0 saturated heterocycles. The van der Waals surface area contributed by atoms with Gasteiger partial charge in [0.15, 0.2) is 17.3 Å². The molecule has 4 atom stereocenters. The van der Waals surface area contributed by atoms with Crippen molar-refractivity contribution in [1.29, 1.82) is 0 Å². The summed E-state index contributed by atoms with van der Waals surface area (Å²) in [7, 11) is 4.47. The number of allylic oxidation sites excluding steroid dienone is 1. The number of hydrogen-bond acceptors (Lipinski definition) is 9. The van der Waals surface area contributed by atoms with Crippen molar-refractivity contribution in [3.05, 3.63) is 46.3 Å². The van der Waals surface area contributed by atoms with E-state index in [2.05, 4.69) is 0 Å². The van der Waals surface area contributed by atoms with Crippen LogP contribution in [0.5, 0.6) is 23.0 Å². The molecule has 204 valence electrons. The van der Waals surface area contributed by atoms with Gasteiger partial charge in [0.05, 0.1) is 37.9 Å². The van der Waals surface area contributed by atoms with Crippen LogP contribution in [0.1, 0.15) is 46.1 Å². The lowest BCUT2D eigenvalue weighted by atomic mass is 9.41. The van der Waals surface area contributed by atoms with Gasteiger partial charge in [-0.2, -0.15) is 0 Å². The predicted molar refractivity (Wildman–Crippen MR) is 138 cm³/mol. The quantitative estimate of drug-likeness (QED) is 0.616. The second kappa shape index (κ2) is 8.10. The highest BCUT2D eigenvalue weighted by molar-refractivity contribution is 5.98. The number of methoxy groups -OCH3 is 3. The third kappa shape index (κ3) is 3.06. The molecular weight excluding hydrogens is 492 g/mol. The summed E-state index contributed by atoms with van der Waals surface area (Å²) in [5, 5.41) is 24.4. The summed E-state index contributed by atoms with van der Waals surface area (Å²) in [6.45, 7) is 7.00. The second-order valence-corrected chi connectivity index (χ2v) is 11.4. The Bertz CT molecular complexity index is 1400. The zero-order chi connectivity index (χ0) is 27.9. The molecule has 0 bridgehead atoms. The first-order valence-electron chi connectivity index (χ1n) is 12.6. The lowest BCUT2D eigenvalue weighted by Gasteiger charge is -2.68. The van der Waals surface area contributed by atoms with E-state index in [1.54, 1.807) is 38.1 Å². The predicted octanol–water partition coefficient (Wildman–Crippen LogP) is 3.45. The van der Waals surface area contributed by atoms with E-state index in [9.17, 15) is 19.8 Å². The summed E-state index contributed by atoms with van der Waals surface area (Å²) in [4.78, 5) is 26.8. The molecule has 1 fully saturated rings. The third-order valence-corrected chi connectivity index (χ3v) is 9.43. The van der Waals surface area contributed by atoms with Crippen molar-refractivity contribution in [2.75, 3.05) is 21.3 Å². The summed E-state index contributed by atoms with van der Waals surface area (Å²) in [6, 6.07) is 4.91. The van der Waals surface area contributed by atoms with Crippen molar-refractivity contribution in [2.45, 2.75) is 63.8 Å². The normalized spacial score (nSPS) is 32.9. The van der Waals surface area contributed by atoms with E-state index >= 15 is 0 Å². The SMILES string of the molecule is COc1cc(-c2cc3c(c(=O)o2)C[C@]2(O)[C@@]4(C)C(=O)C=CC(C)(C)[C@@]4(O)CC[C@@]2(C)O3)cc(OC)c1OC. The molecule has 5 rings (SSSR count). The van der Waals surface area contributed by atoms with Crippen LogP contribution in [0.15, 0.2) is 39.6 Å². The van der Waals surface area contributed by atoms with Gasteiger partial charge in [-0.15, -0.1) is 0 Å². The molecule has 0 spiro atoms. The van der Waals surface area contributed by atoms with Crippen molar-refractivity contribution in [3.8, 4) is 34.3 Å². The van der Waals surface area contributed by atoms with Crippen LogP contribution >= 0.6 is 0 Å². The van der Waals surface area contributed by atoms with Crippen molar-refractivity contribution in [2.24, 2.45) is 10.8 Å². The second-order valence-electron chi connectivity index (χ2n) is 11.4. The minimum absolute atomic E-state index is 0.104. The summed E-state index contributed by atoms with van der Waals surface area (Å²) in [5.41, 5.74) is -7.26. The molecule has 0 amide bonds. The van der Waals surface area contributed by atoms with Crippen LogP contribution in [0.25, 0.3) is 11.3 Å². The molecule has 1 saturated carbocycles. The molecule has 3 aliphatic rings. The van der Waals surface area contributed by atoms with E-state index in [1.165, 1.54) is 27.4 Å². The van der Waals surface area contributed by atoms with Gasteiger partial charge in [0.1, 0.15) is 22.7 Å². The molecule has 9 heteroatoms. The molecule has 2 N–H and O–H groups in total. The van der Waals surface area contributed by atoms with Crippen LogP contribution in [0, 0.1) is 10.8 Å². The van der Waals surface area contributed by atoms with Crippen molar-refractivity contribution < 1.29 is 38.4 Å². The molecular formula is C29H34O9. The van der Waals surface area contributed by atoms with Crippen molar-refractivity contribution in [3.63, 3.8) is 0 Å². The fourth-order valence-electron chi connectivity index (χ4n) is 6.82. The van der Waals surface area contributed by atoms with Gasteiger partial charge in [-0.25, -0.2) is 4.79 Å². The zero-order valence-corrected chi connectivity index (χ0v) is 22.8. The first-order chi connectivity index (χ1) is 17.7. The van der Waals surface area contributed by atoms with Gasteiger partial charge >= 0.3 is 5.63 Å². The molecule has 38 heavy (non-hydrogen) atoms. The van der Waals surface area contributed by atoms with E-state index in [4.69, 9.17) is 23.4 Å².